The monoisotopic (exact) mass is 806 g/mol. The van der Waals surface area contributed by atoms with Gasteiger partial charge in [-0.3, -0.25) is 9.59 Å². The van der Waals surface area contributed by atoms with Crippen molar-refractivity contribution in [3.8, 4) is 33.6 Å². The Balaban J connectivity index is 0.928. The van der Waals surface area contributed by atoms with E-state index in [1.54, 1.807) is 22.2 Å². The largest absolute Gasteiger partial charge is 0.453 e. The van der Waals surface area contributed by atoms with Crippen LogP contribution in [-0.2, 0) is 19.1 Å². The Kier molecular flexibility index (Phi) is 11.7. The maximum Gasteiger partial charge on any atom is 0.407 e. The van der Waals surface area contributed by atoms with E-state index in [1.165, 1.54) is 14.2 Å². The van der Waals surface area contributed by atoms with Crippen molar-refractivity contribution in [1.82, 2.24) is 40.4 Å². The van der Waals surface area contributed by atoms with Crippen molar-refractivity contribution in [1.29, 1.82) is 0 Å². The summed E-state index contributed by atoms with van der Waals surface area (Å²) in [4.78, 5) is 72.1. The van der Waals surface area contributed by atoms with Crippen molar-refractivity contribution >= 4 is 24.0 Å². The van der Waals surface area contributed by atoms with Gasteiger partial charge >= 0.3 is 12.2 Å². The standard InChI is InChI=1S/C46H46N8O6/c1-59-45(57)51-39(33-11-5-3-6-12-33)43(55)53-25-9-15-37(53)41-47-27-35(49-41)31-21-17-29(18-22-31)30-19-23-32(24-20-30)36-28-48-42(50-36)38-16-10-26-54(38)44(56)40(52-46(58)60-2)34-13-7-4-8-14-34/h3-8,11-14,17-24,27-28,37-40H,9-10,15-16,25-26H2,1-2H3,(H,47,49)(H,48,50)(H,51,57)(H,52,58). The summed E-state index contributed by atoms with van der Waals surface area (Å²) in [6.45, 7) is 1.10. The molecule has 0 radical (unpaired) electrons. The lowest BCUT2D eigenvalue weighted by Gasteiger charge is -2.28. The van der Waals surface area contributed by atoms with Gasteiger partial charge in [-0.2, -0.15) is 0 Å². The topological polar surface area (TPSA) is 175 Å². The molecule has 306 valence electrons. The van der Waals surface area contributed by atoms with Gasteiger partial charge in [0.05, 0.1) is 50.1 Å². The fraction of sp³-hybridized carbons (Fsp3) is 0.261. The van der Waals surface area contributed by atoms with Crippen molar-refractivity contribution in [2.24, 2.45) is 0 Å². The van der Waals surface area contributed by atoms with Crippen LogP contribution in [0.4, 0.5) is 9.59 Å². The molecular weight excluding hydrogens is 761 g/mol. The number of H-pyrrole nitrogens is 2. The number of aromatic amines is 2. The van der Waals surface area contributed by atoms with E-state index in [9.17, 15) is 19.2 Å². The van der Waals surface area contributed by atoms with Crippen LogP contribution in [0.25, 0.3) is 33.6 Å². The molecule has 0 aliphatic carbocycles. The molecule has 2 fully saturated rings. The third-order valence-corrected chi connectivity index (χ3v) is 11.3. The van der Waals surface area contributed by atoms with Gasteiger partial charge in [0.15, 0.2) is 0 Å². The van der Waals surface area contributed by atoms with Gasteiger partial charge in [0.25, 0.3) is 11.8 Å². The normalized spacial score (nSPS) is 17.2. The summed E-state index contributed by atoms with van der Waals surface area (Å²) in [6, 6.07) is 32.5. The minimum atomic E-state index is -0.884. The molecule has 14 heteroatoms. The first-order valence-electron chi connectivity index (χ1n) is 20.0. The molecule has 2 aliphatic heterocycles. The summed E-state index contributed by atoms with van der Waals surface area (Å²) in [5, 5.41) is 5.42. The molecule has 8 rings (SSSR count). The molecule has 0 spiro atoms. The number of carbonyl (C=O) groups is 4. The van der Waals surface area contributed by atoms with Gasteiger partial charge in [-0.15, -0.1) is 0 Å². The lowest BCUT2D eigenvalue weighted by Crippen LogP contribution is -2.42. The van der Waals surface area contributed by atoms with Crippen LogP contribution in [0.15, 0.2) is 122 Å². The molecule has 2 aromatic heterocycles. The maximum absolute atomic E-state index is 13.9. The highest BCUT2D eigenvalue weighted by Gasteiger charge is 2.38. The predicted molar refractivity (Wildman–Crippen MR) is 224 cm³/mol. The molecule has 4 N–H and O–H groups in total. The molecule has 4 aromatic carbocycles. The van der Waals surface area contributed by atoms with Gasteiger partial charge in [-0.25, -0.2) is 19.6 Å². The minimum Gasteiger partial charge on any atom is -0.453 e. The molecule has 0 saturated carbocycles. The van der Waals surface area contributed by atoms with Crippen LogP contribution < -0.4 is 10.6 Å². The number of imidazole rings is 2. The number of hydrogen-bond acceptors (Lipinski definition) is 8. The molecule has 14 nitrogen and oxygen atoms in total. The van der Waals surface area contributed by atoms with Crippen LogP contribution in [-0.4, -0.2) is 81.0 Å². The number of amides is 4. The van der Waals surface area contributed by atoms with Crippen LogP contribution in [0.2, 0.25) is 0 Å². The van der Waals surface area contributed by atoms with Crippen molar-refractivity contribution in [3.63, 3.8) is 0 Å². The van der Waals surface area contributed by atoms with Crippen LogP contribution >= 0.6 is 0 Å². The summed E-state index contributed by atoms with van der Waals surface area (Å²) in [5.74, 6) is 0.959. The second-order valence-electron chi connectivity index (χ2n) is 14.9. The number of nitrogens with one attached hydrogen (secondary N) is 4. The first-order chi connectivity index (χ1) is 29.3. The second-order valence-corrected chi connectivity index (χ2v) is 14.9. The highest BCUT2D eigenvalue weighted by atomic mass is 16.5. The van der Waals surface area contributed by atoms with Crippen LogP contribution in [0.1, 0.15) is 72.6 Å². The number of ether oxygens (including phenoxy) is 2. The van der Waals surface area contributed by atoms with Crippen LogP contribution in [0.5, 0.6) is 0 Å². The number of alkyl carbamates (subject to hydrolysis) is 2. The van der Waals surface area contributed by atoms with Gasteiger partial charge in [0, 0.05) is 13.1 Å². The van der Waals surface area contributed by atoms with E-state index in [2.05, 4.69) is 44.9 Å². The van der Waals surface area contributed by atoms with E-state index in [0.717, 1.165) is 59.3 Å². The Morgan fingerprint density at radius 3 is 1.30 bits per heavy atom. The van der Waals surface area contributed by atoms with E-state index in [4.69, 9.17) is 19.4 Å². The Bertz CT molecular complexity index is 2260. The lowest BCUT2D eigenvalue weighted by molar-refractivity contribution is -0.135. The number of carbonyl (C=O) groups excluding carboxylic acids is 4. The number of rotatable bonds is 11. The number of methoxy groups -OCH3 is 2. The summed E-state index contributed by atoms with van der Waals surface area (Å²) in [5.41, 5.74) is 7.03. The van der Waals surface area contributed by atoms with Crippen LogP contribution in [0.3, 0.4) is 0 Å². The molecule has 2 aliphatic rings. The fourth-order valence-corrected chi connectivity index (χ4v) is 8.17. The second kappa shape index (κ2) is 17.7. The third kappa shape index (κ3) is 8.35. The number of nitrogens with zero attached hydrogens (tertiary/aromatic N) is 4. The van der Waals surface area contributed by atoms with Gasteiger partial charge in [0.2, 0.25) is 0 Å². The summed E-state index contributed by atoms with van der Waals surface area (Å²) < 4.78 is 9.65. The van der Waals surface area contributed by atoms with Crippen molar-refractivity contribution in [3.05, 3.63) is 144 Å². The summed E-state index contributed by atoms with van der Waals surface area (Å²) in [6.07, 6.45) is 5.36. The Morgan fingerprint density at radius 1 is 0.567 bits per heavy atom. The van der Waals surface area contributed by atoms with Crippen molar-refractivity contribution in [2.75, 3.05) is 27.3 Å². The number of benzene rings is 4. The lowest BCUT2D eigenvalue weighted by atomic mass is 10.0. The van der Waals surface area contributed by atoms with E-state index in [-0.39, 0.29) is 23.9 Å². The average molecular weight is 807 g/mol. The van der Waals surface area contributed by atoms with Gasteiger partial charge < -0.3 is 39.9 Å². The van der Waals surface area contributed by atoms with E-state index in [1.807, 2.05) is 84.9 Å². The number of hydrogen-bond donors (Lipinski definition) is 4. The quantitative estimate of drug-likeness (QED) is 0.103. The SMILES string of the molecule is COC(=O)NC(C(=O)N1CCCC1c1ncc(-c2ccc(-c3ccc(-c4cnc(C5CCCN5C(=O)C(NC(=O)OC)c5ccccc5)[nH]4)cc3)cc2)[nH]1)c1ccccc1. The number of likely N-dealkylation sites (tertiary alicyclic amines) is 2. The maximum atomic E-state index is 13.9. The molecule has 2 saturated heterocycles. The van der Waals surface area contributed by atoms with Crippen LogP contribution in [0, 0.1) is 0 Å². The van der Waals surface area contributed by atoms with Gasteiger partial charge in [0.1, 0.15) is 23.7 Å². The average Bonchev–Trinajstić information content (AvgIpc) is 4.15. The highest BCUT2D eigenvalue weighted by Crippen LogP contribution is 2.36. The van der Waals surface area contributed by atoms with Crippen molar-refractivity contribution < 1.29 is 28.7 Å². The first-order valence-corrected chi connectivity index (χ1v) is 20.0. The molecule has 4 heterocycles. The first kappa shape index (κ1) is 39.6. The Morgan fingerprint density at radius 2 is 0.933 bits per heavy atom. The minimum absolute atomic E-state index is 0.216. The summed E-state index contributed by atoms with van der Waals surface area (Å²) >= 11 is 0. The molecular formula is C46H46N8O6. The zero-order valence-corrected chi connectivity index (χ0v) is 33.3. The molecule has 0 bridgehead atoms. The molecule has 4 unspecified atom stereocenters. The molecule has 4 amide bonds. The van der Waals surface area contributed by atoms with E-state index in [0.29, 0.717) is 35.9 Å². The molecule has 4 atom stereocenters. The van der Waals surface area contributed by atoms with Gasteiger partial charge in [-0.1, -0.05) is 109 Å². The molecule has 60 heavy (non-hydrogen) atoms. The zero-order valence-electron chi connectivity index (χ0n) is 33.3. The van der Waals surface area contributed by atoms with E-state index < -0.39 is 24.3 Å². The smallest absolute Gasteiger partial charge is 0.407 e. The Labute approximate surface area is 347 Å². The summed E-state index contributed by atoms with van der Waals surface area (Å²) in [7, 11) is 2.56. The fourth-order valence-electron chi connectivity index (χ4n) is 8.17. The third-order valence-electron chi connectivity index (χ3n) is 11.3. The predicted octanol–water partition coefficient (Wildman–Crippen LogP) is 7.66. The van der Waals surface area contributed by atoms with Crippen molar-refractivity contribution in [2.45, 2.75) is 49.9 Å². The Hall–Kier alpha value is -7.22. The number of aromatic nitrogens is 4. The highest BCUT2D eigenvalue weighted by molar-refractivity contribution is 5.88. The van der Waals surface area contributed by atoms with E-state index >= 15 is 0 Å². The van der Waals surface area contributed by atoms with Gasteiger partial charge in [-0.05, 0) is 59.1 Å². The molecule has 6 aromatic rings. The zero-order chi connectivity index (χ0) is 41.6.